The fourth-order valence-electron chi connectivity index (χ4n) is 2.59. The minimum atomic E-state index is -3.64. The first-order chi connectivity index (χ1) is 13.4. The summed E-state index contributed by atoms with van der Waals surface area (Å²) in [6, 6.07) is 14.4. The molecular weight excluding hydrogens is 398 g/mol. The van der Waals surface area contributed by atoms with Crippen LogP contribution in [-0.4, -0.2) is 25.4 Å². The maximum atomic E-state index is 12.2. The van der Waals surface area contributed by atoms with E-state index < -0.39 is 10.0 Å². The van der Waals surface area contributed by atoms with E-state index in [1.54, 1.807) is 18.2 Å². The van der Waals surface area contributed by atoms with Gasteiger partial charge in [0.1, 0.15) is 15.7 Å². The van der Waals surface area contributed by atoms with Crippen molar-refractivity contribution in [2.75, 3.05) is 12.4 Å². The molecule has 0 aliphatic carbocycles. The average molecular weight is 418 g/mol. The molecule has 2 aromatic carbocycles. The van der Waals surface area contributed by atoms with Crippen LogP contribution in [0.15, 0.2) is 59.6 Å². The minimum Gasteiger partial charge on any atom is -0.338 e. The van der Waals surface area contributed by atoms with Crippen molar-refractivity contribution in [1.82, 2.24) is 14.7 Å². The maximum Gasteiger partial charge on any atom is 0.242 e. The summed E-state index contributed by atoms with van der Waals surface area (Å²) >= 11 is 6.22. The number of rotatable bonds is 7. The number of halogens is 1. The van der Waals surface area contributed by atoms with Crippen molar-refractivity contribution in [1.29, 1.82) is 0 Å². The van der Waals surface area contributed by atoms with Gasteiger partial charge in [-0.1, -0.05) is 48.0 Å². The molecule has 7 nitrogen and oxygen atoms in total. The van der Waals surface area contributed by atoms with E-state index in [-0.39, 0.29) is 4.90 Å². The Morgan fingerprint density at radius 1 is 1.07 bits per heavy atom. The van der Waals surface area contributed by atoms with Gasteiger partial charge >= 0.3 is 0 Å². The Hall–Kier alpha value is -2.52. The van der Waals surface area contributed by atoms with Crippen molar-refractivity contribution in [3.8, 4) is 0 Å². The van der Waals surface area contributed by atoms with Crippen LogP contribution in [0.3, 0.4) is 0 Å². The van der Waals surface area contributed by atoms with E-state index in [9.17, 15) is 8.42 Å². The number of benzene rings is 2. The van der Waals surface area contributed by atoms with E-state index in [2.05, 4.69) is 20.0 Å². The predicted octanol–water partition coefficient (Wildman–Crippen LogP) is 2.83. The van der Waals surface area contributed by atoms with Crippen LogP contribution >= 0.6 is 11.6 Å². The van der Waals surface area contributed by atoms with Crippen molar-refractivity contribution in [3.63, 3.8) is 0 Å². The van der Waals surface area contributed by atoms with Gasteiger partial charge in [0.15, 0.2) is 5.82 Å². The van der Waals surface area contributed by atoms with E-state index >= 15 is 0 Å². The van der Waals surface area contributed by atoms with Crippen LogP contribution in [0.4, 0.5) is 11.5 Å². The Kier molecular flexibility index (Phi) is 6.25. The van der Waals surface area contributed by atoms with Gasteiger partial charge < -0.3 is 11.1 Å². The Labute approximate surface area is 169 Å². The van der Waals surface area contributed by atoms with Crippen molar-refractivity contribution in [3.05, 3.63) is 76.7 Å². The average Bonchev–Trinajstić information content (AvgIpc) is 2.71. The fourth-order valence-corrected chi connectivity index (χ4v) is 3.62. The van der Waals surface area contributed by atoms with E-state index in [4.69, 9.17) is 17.3 Å². The predicted molar refractivity (Wildman–Crippen MR) is 110 cm³/mol. The second-order valence-corrected chi connectivity index (χ2v) is 8.27. The molecular formula is C19H20ClN5O2S. The first kappa shape index (κ1) is 20.2. The topological polar surface area (TPSA) is 110 Å². The molecule has 0 bridgehead atoms. The van der Waals surface area contributed by atoms with E-state index in [0.717, 1.165) is 11.1 Å². The van der Waals surface area contributed by atoms with Gasteiger partial charge in [-0.05, 0) is 30.3 Å². The number of para-hydroxylation sites is 1. The zero-order valence-electron chi connectivity index (χ0n) is 15.2. The number of anilines is 2. The summed E-state index contributed by atoms with van der Waals surface area (Å²) in [5, 5.41) is 3.30. The number of aromatic nitrogens is 2. The van der Waals surface area contributed by atoms with Crippen LogP contribution in [0, 0.1) is 0 Å². The smallest absolute Gasteiger partial charge is 0.242 e. The molecule has 0 unspecified atom stereocenters. The molecule has 1 aromatic heterocycles. The van der Waals surface area contributed by atoms with Crippen LogP contribution in [0.1, 0.15) is 17.0 Å². The molecule has 3 rings (SSSR count). The van der Waals surface area contributed by atoms with Crippen LogP contribution in [-0.2, 0) is 23.0 Å². The monoisotopic (exact) mass is 417 g/mol. The van der Waals surface area contributed by atoms with Gasteiger partial charge in [-0.2, -0.15) is 0 Å². The molecule has 0 atom stereocenters. The molecule has 9 heteroatoms. The summed E-state index contributed by atoms with van der Waals surface area (Å²) in [6.45, 7) is 0.487. The third kappa shape index (κ3) is 4.66. The summed E-state index contributed by atoms with van der Waals surface area (Å²) in [6.07, 6.45) is 2.00. The minimum absolute atomic E-state index is 0.103. The number of nitrogens with zero attached hydrogens (tertiary/aromatic N) is 2. The molecule has 0 fully saturated rings. The molecule has 0 amide bonds. The highest BCUT2D eigenvalue weighted by molar-refractivity contribution is 7.89. The highest BCUT2D eigenvalue weighted by Crippen LogP contribution is 2.27. The quantitative estimate of drug-likeness (QED) is 0.545. The molecule has 1 heterocycles. The molecule has 28 heavy (non-hydrogen) atoms. The van der Waals surface area contributed by atoms with Gasteiger partial charge in [0.25, 0.3) is 0 Å². The molecule has 0 saturated carbocycles. The van der Waals surface area contributed by atoms with Crippen LogP contribution in [0.2, 0.25) is 5.02 Å². The standard InChI is InChI=1S/C19H20ClN5O2S/c1-22-28(26,27)17-5-3-2-4-16(17)24-19-15(20)12-23-18(25-19)10-13-6-8-14(11-21)9-7-13/h2-9,12,22H,10-11,21H2,1H3,(H,23,24,25). The third-order valence-corrected chi connectivity index (χ3v) is 5.86. The lowest BCUT2D eigenvalue weighted by atomic mass is 10.1. The van der Waals surface area contributed by atoms with Gasteiger partial charge in [0.05, 0.1) is 11.9 Å². The molecule has 4 N–H and O–H groups in total. The van der Waals surface area contributed by atoms with Crippen LogP contribution in [0.5, 0.6) is 0 Å². The van der Waals surface area contributed by atoms with E-state index in [1.165, 1.54) is 19.3 Å². The van der Waals surface area contributed by atoms with Crippen LogP contribution < -0.4 is 15.8 Å². The number of hydrogen-bond acceptors (Lipinski definition) is 6. The zero-order chi connectivity index (χ0) is 20.1. The zero-order valence-corrected chi connectivity index (χ0v) is 16.8. The van der Waals surface area contributed by atoms with Gasteiger partial charge in [-0.25, -0.2) is 23.1 Å². The lowest BCUT2D eigenvalue weighted by Gasteiger charge is -2.13. The molecule has 0 aliphatic heterocycles. The Bertz CT molecular complexity index is 1070. The number of nitrogens with one attached hydrogen (secondary N) is 2. The lowest BCUT2D eigenvalue weighted by Crippen LogP contribution is -2.19. The van der Waals surface area contributed by atoms with Crippen molar-refractivity contribution in [2.45, 2.75) is 17.9 Å². The summed E-state index contributed by atoms with van der Waals surface area (Å²) < 4.78 is 26.8. The number of nitrogens with two attached hydrogens (primary N) is 1. The van der Waals surface area contributed by atoms with E-state index in [0.29, 0.717) is 35.3 Å². The van der Waals surface area contributed by atoms with Gasteiger partial charge in [-0.15, -0.1) is 0 Å². The lowest BCUT2D eigenvalue weighted by molar-refractivity contribution is 0.588. The summed E-state index contributed by atoms with van der Waals surface area (Å²) in [5.41, 5.74) is 8.07. The first-order valence-electron chi connectivity index (χ1n) is 8.52. The SMILES string of the molecule is CNS(=O)(=O)c1ccccc1Nc1nc(Cc2ccc(CN)cc2)ncc1Cl. The first-order valence-corrected chi connectivity index (χ1v) is 10.4. The highest BCUT2D eigenvalue weighted by atomic mass is 35.5. The van der Waals surface area contributed by atoms with Crippen molar-refractivity contribution >= 4 is 33.1 Å². The van der Waals surface area contributed by atoms with Gasteiger partial charge in [0.2, 0.25) is 10.0 Å². The highest BCUT2D eigenvalue weighted by Gasteiger charge is 2.17. The summed E-state index contributed by atoms with van der Waals surface area (Å²) in [7, 11) is -2.28. The van der Waals surface area contributed by atoms with Crippen molar-refractivity contribution in [2.24, 2.45) is 5.73 Å². The number of sulfonamides is 1. The molecule has 0 saturated heterocycles. The van der Waals surface area contributed by atoms with E-state index in [1.807, 2.05) is 24.3 Å². The van der Waals surface area contributed by atoms with Crippen molar-refractivity contribution < 1.29 is 8.42 Å². The fraction of sp³-hybridized carbons (Fsp3) is 0.158. The van der Waals surface area contributed by atoms with Gasteiger partial charge in [0, 0.05) is 13.0 Å². The second-order valence-electron chi connectivity index (χ2n) is 6.01. The molecule has 0 radical (unpaired) electrons. The molecule has 146 valence electrons. The largest absolute Gasteiger partial charge is 0.338 e. The molecule has 0 aliphatic rings. The third-order valence-electron chi connectivity index (χ3n) is 4.11. The van der Waals surface area contributed by atoms with Gasteiger partial charge in [-0.3, -0.25) is 0 Å². The van der Waals surface area contributed by atoms with Crippen LogP contribution in [0.25, 0.3) is 0 Å². The molecule has 0 spiro atoms. The summed E-state index contributed by atoms with van der Waals surface area (Å²) in [4.78, 5) is 8.83. The Morgan fingerprint density at radius 3 is 2.43 bits per heavy atom. The number of hydrogen-bond donors (Lipinski definition) is 3. The summed E-state index contributed by atoms with van der Waals surface area (Å²) in [5.74, 6) is 0.894. The second kappa shape index (κ2) is 8.66. The normalized spacial score (nSPS) is 11.4. The maximum absolute atomic E-state index is 12.2. The Morgan fingerprint density at radius 2 is 1.75 bits per heavy atom. The Balaban J connectivity index is 1.89. The molecule has 3 aromatic rings.